The summed E-state index contributed by atoms with van der Waals surface area (Å²) in [5, 5.41) is 6.25. The first-order valence-corrected chi connectivity index (χ1v) is 4.77. The Hall–Kier alpha value is -0.340. The van der Waals surface area contributed by atoms with Gasteiger partial charge in [-0.05, 0) is 39.9 Å². The summed E-state index contributed by atoms with van der Waals surface area (Å²) in [5.74, 6) is 0. The van der Waals surface area contributed by atoms with Gasteiger partial charge >= 0.3 is 0 Å². The molecule has 0 bridgehead atoms. The Labute approximate surface area is 76.4 Å². The van der Waals surface area contributed by atoms with E-state index in [0.29, 0.717) is 0 Å². The Bertz CT molecular complexity index is 94.9. The molecule has 2 heteroatoms. The Morgan fingerprint density at radius 3 is 2.00 bits per heavy atom. The SMILES string of the molecule is C1CCNCC1.C=C(C)CNC. The van der Waals surface area contributed by atoms with Crippen LogP contribution in [0.5, 0.6) is 0 Å². The maximum Gasteiger partial charge on any atom is 0.0156 e. The van der Waals surface area contributed by atoms with Crippen LogP contribution in [0.1, 0.15) is 26.2 Å². The molecule has 1 aliphatic heterocycles. The second kappa shape index (κ2) is 8.75. The van der Waals surface area contributed by atoms with Crippen LogP contribution in [0.3, 0.4) is 0 Å². The molecule has 1 saturated heterocycles. The van der Waals surface area contributed by atoms with Crippen molar-refractivity contribution in [1.82, 2.24) is 10.6 Å². The summed E-state index contributed by atoms with van der Waals surface area (Å²) >= 11 is 0. The van der Waals surface area contributed by atoms with Gasteiger partial charge in [0.2, 0.25) is 0 Å². The molecular weight excluding hydrogens is 148 g/mol. The third-order valence-corrected chi connectivity index (χ3v) is 1.69. The lowest BCUT2D eigenvalue weighted by Crippen LogP contribution is -2.21. The fourth-order valence-electron chi connectivity index (χ4n) is 1.10. The van der Waals surface area contributed by atoms with Gasteiger partial charge in [-0.3, -0.25) is 0 Å². The average Bonchev–Trinajstić information content (AvgIpc) is 2.08. The lowest BCUT2D eigenvalue weighted by molar-refractivity contribution is 0.520. The van der Waals surface area contributed by atoms with Crippen LogP contribution in [0.25, 0.3) is 0 Å². The second-order valence-corrected chi connectivity index (χ2v) is 3.30. The monoisotopic (exact) mass is 170 g/mol. The third kappa shape index (κ3) is 9.66. The molecule has 0 amide bonds. The van der Waals surface area contributed by atoms with Crippen molar-refractivity contribution in [2.75, 3.05) is 26.7 Å². The molecule has 1 rings (SSSR count). The average molecular weight is 170 g/mol. The van der Waals surface area contributed by atoms with E-state index >= 15 is 0 Å². The van der Waals surface area contributed by atoms with Crippen molar-refractivity contribution < 1.29 is 0 Å². The minimum Gasteiger partial charge on any atom is -0.317 e. The van der Waals surface area contributed by atoms with Crippen LogP contribution in [0, 0.1) is 0 Å². The Morgan fingerprint density at radius 1 is 1.33 bits per heavy atom. The molecule has 1 aliphatic rings. The first-order chi connectivity index (χ1) is 5.77. The molecule has 0 aromatic carbocycles. The normalized spacial score (nSPS) is 16.2. The molecule has 0 unspecified atom stereocenters. The topological polar surface area (TPSA) is 24.1 Å². The quantitative estimate of drug-likeness (QED) is 0.614. The van der Waals surface area contributed by atoms with E-state index < -0.39 is 0 Å². The molecule has 0 aliphatic carbocycles. The molecule has 1 fully saturated rings. The first kappa shape index (κ1) is 11.7. The van der Waals surface area contributed by atoms with Gasteiger partial charge in [-0.2, -0.15) is 0 Å². The van der Waals surface area contributed by atoms with E-state index in [1.54, 1.807) is 0 Å². The lowest BCUT2D eigenvalue weighted by atomic mass is 10.2. The highest BCUT2D eigenvalue weighted by Crippen LogP contribution is 1.96. The van der Waals surface area contributed by atoms with Crippen molar-refractivity contribution in [3.05, 3.63) is 12.2 Å². The smallest absolute Gasteiger partial charge is 0.0156 e. The molecule has 0 aromatic heterocycles. The molecule has 72 valence electrons. The predicted molar refractivity (Wildman–Crippen MR) is 55.5 cm³/mol. The van der Waals surface area contributed by atoms with Gasteiger partial charge < -0.3 is 10.6 Å². The van der Waals surface area contributed by atoms with Crippen LogP contribution in [-0.4, -0.2) is 26.7 Å². The first-order valence-electron chi connectivity index (χ1n) is 4.77. The maximum absolute atomic E-state index is 3.68. The minimum absolute atomic E-state index is 0.931. The highest BCUT2D eigenvalue weighted by atomic mass is 14.9. The van der Waals surface area contributed by atoms with Gasteiger partial charge in [0.25, 0.3) is 0 Å². The maximum atomic E-state index is 3.68. The predicted octanol–water partition coefficient (Wildman–Crippen LogP) is 1.54. The standard InChI is InChI=1S/2C5H11N/c1-2-4-6-5-3-1;1-5(2)4-6-3/h6H,1-5H2;6H,1,4H2,2-3H3. The zero-order valence-corrected chi connectivity index (χ0v) is 8.45. The van der Waals surface area contributed by atoms with E-state index in [-0.39, 0.29) is 0 Å². The van der Waals surface area contributed by atoms with Crippen molar-refractivity contribution in [3.63, 3.8) is 0 Å². The van der Waals surface area contributed by atoms with Crippen LogP contribution in [-0.2, 0) is 0 Å². The number of hydrogen-bond donors (Lipinski definition) is 2. The minimum atomic E-state index is 0.931. The summed E-state index contributed by atoms with van der Waals surface area (Å²) in [7, 11) is 1.91. The van der Waals surface area contributed by atoms with Crippen molar-refractivity contribution in [1.29, 1.82) is 0 Å². The Balaban J connectivity index is 0.000000202. The van der Waals surface area contributed by atoms with Crippen molar-refractivity contribution >= 4 is 0 Å². The highest BCUT2D eigenvalue weighted by Gasteiger charge is 1.93. The van der Waals surface area contributed by atoms with Gasteiger partial charge in [0.1, 0.15) is 0 Å². The fourth-order valence-corrected chi connectivity index (χ4v) is 1.10. The van der Waals surface area contributed by atoms with Gasteiger partial charge in [0.05, 0.1) is 0 Å². The molecule has 0 radical (unpaired) electrons. The van der Waals surface area contributed by atoms with Gasteiger partial charge in [-0.25, -0.2) is 0 Å². The molecule has 0 atom stereocenters. The molecular formula is C10H22N2. The van der Waals surface area contributed by atoms with Gasteiger partial charge in [0, 0.05) is 6.54 Å². The van der Waals surface area contributed by atoms with Crippen molar-refractivity contribution in [2.45, 2.75) is 26.2 Å². The molecule has 1 heterocycles. The molecule has 12 heavy (non-hydrogen) atoms. The van der Waals surface area contributed by atoms with Crippen LogP contribution >= 0.6 is 0 Å². The molecule has 2 N–H and O–H groups in total. The van der Waals surface area contributed by atoms with Gasteiger partial charge in [0.15, 0.2) is 0 Å². The summed E-state index contributed by atoms with van der Waals surface area (Å²) in [6.07, 6.45) is 4.22. The summed E-state index contributed by atoms with van der Waals surface area (Å²) in [6, 6.07) is 0. The molecule has 2 nitrogen and oxygen atoms in total. The van der Waals surface area contributed by atoms with E-state index in [1.165, 1.54) is 37.9 Å². The fraction of sp³-hybridized carbons (Fsp3) is 0.800. The lowest BCUT2D eigenvalue weighted by Gasteiger charge is -2.08. The molecule has 0 spiro atoms. The van der Waals surface area contributed by atoms with E-state index in [9.17, 15) is 0 Å². The van der Waals surface area contributed by atoms with Crippen molar-refractivity contribution in [2.24, 2.45) is 0 Å². The Morgan fingerprint density at radius 2 is 1.92 bits per heavy atom. The van der Waals surface area contributed by atoms with Crippen molar-refractivity contribution in [3.8, 4) is 0 Å². The van der Waals surface area contributed by atoms with E-state index in [0.717, 1.165) is 6.54 Å². The number of hydrogen-bond acceptors (Lipinski definition) is 2. The number of likely N-dealkylation sites (N-methyl/N-ethyl adjacent to an activating group) is 1. The van der Waals surface area contributed by atoms with E-state index in [4.69, 9.17) is 0 Å². The second-order valence-electron chi connectivity index (χ2n) is 3.30. The zero-order chi connectivity index (χ0) is 9.23. The Kier molecular flexibility index (Phi) is 8.51. The van der Waals surface area contributed by atoms with Crippen LogP contribution in [0.15, 0.2) is 12.2 Å². The number of rotatable bonds is 2. The summed E-state index contributed by atoms with van der Waals surface area (Å²) in [6.45, 7) is 9.11. The third-order valence-electron chi connectivity index (χ3n) is 1.69. The van der Waals surface area contributed by atoms with Gasteiger partial charge in [-0.15, -0.1) is 0 Å². The molecule has 0 aromatic rings. The summed E-state index contributed by atoms with van der Waals surface area (Å²) in [4.78, 5) is 0. The van der Waals surface area contributed by atoms with Crippen LogP contribution < -0.4 is 10.6 Å². The number of piperidine rings is 1. The van der Waals surface area contributed by atoms with Gasteiger partial charge in [-0.1, -0.05) is 18.6 Å². The van der Waals surface area contributed by atoms with E-state index in [1.807, 2.05) is 14.0 Å². The van der Waals surface area contributed by atoms with E-state index in [2.05, 4.69) is 17.2 Å². The van der Waals surface area contributed by atoms with Crippen LogP contribution in [0.2, 0.25) is 0 Å². The van der Waals surface area contributed by atoms with Crippen LogP contribution in [0.4, 0.5) is 0 Å². The largest absolute Gasteiger partial charge is 0.317 e. The number of nitrogens with one attached hydrogen (secondary N) is 2. The molecule has 0 saturated carbocycles. The summed E-state index contributed by atoms with van der Waals surface area (Å²) in [5.41, 5.74) is 1.18. The highest BCUT2D eigenvalue weighted by molar-refractivity contribution is 4.89. The zero-order valence-electron chi connectivity index (χ0n) is 8.45. The summed E-state index contributed by atoms with van der Waals surface area (Å²) < 4.78 is 0.